The Labute approximate surface area is 195 Å². The summed E-state index contributed by atoms with van der Waals surface area (Å²) < 4.78 is 17.7. The van der Waals surface area contributed by atoms with Crippen molar-refractivity contribution in [3.63, 3.8) is 0 Å². The van der Waals surface area contributed by atoms with Crippen molar-refractivity contribution in [3.8, 4) is 5.75 Å². The number of rotatable bonds is 9. The van der Waals surface area contributed by atoms with Crippen LogP contribution in [0.4, 0.5) is 0 Å². The minimum atomic E-state index is -0.488. The summed E-state index contributed by atoms with van der Waals surface area (Å²) in [5.74, 6) is 1.36. The third kappa shape index (κ3) is 5.06. The van der Waals surface area contributed by atoms with Crippen LogP contribution < -0.4 is 10.1 Å². The highest BCUT2D eigenvalue weighted by molar-refractivity contribution is 7.98. The van der Waals surface area contributed by atoms with E-state index in [0.29, 0.717) is 35.9 Å². The Kier molecular flexibility index (Phi) is 7.04. The van der Waals surface area contributed by atoms with E-state index in [9.17, 15) is 9.59 Å². The quantitative estimate of drug-likeness (QED) is 0.284. The number of furan rings is 1. The van der Waals surface area contributed by atoms with E-state index in [0.717, 1.165) is 15.8 Å². The summed E-state index contributed by atoms with van der Waals surface area (Å²) in [6.45, 7) is 1.09. The highest BCUT2D eigenvalue weighted by Crippen LogP contribution is 2.32. The van der Waals surface area contributed by atoms with Crippen molar-refractivity contribution >= 4 is 34.5 Å². The van der Waals surface area contributed by atoms with E-state index in [-0.39, 0.29) is 11.7 Å². The summed E-state index contributed by atoms with van der Waals surface area (Å²) in [4.78, 5) is 25.3. The van der Waals surface area contributed by atoms with Crippen LogP contribution in [-0.4, -0.2) is 37.2 Å². The lowest BCUT2D eigenvalue weighted by Gasteiger charge is -2.10. The van der Waals surface area contributed by atoms with Crippen LogP contribution in [0.15, 0.2) is 76.2 Å². The van der Waals surface area contributed by atoms with Crippen molar-refractivity contribution in [1.29, 1.82) is 0 Å². The lowest BCUT2D eigenvalue weighted by Crippen LogP contribution is -2.27. The molecule has 2 heterocycles. The van der Waals surface area contributed by atoms with Crippen LogP contribution in [0.3, 0.4) is 0 Å². The summed E-state index contributed by atoms with van der Waals surface area (Å²) in [6, 6.07) is 18.7. The van der Waals surface area contributed by atoms with Gasteiger partial charge in [0.2, 0.25) is 5.76 Å². The van der Waals surface area contributed by atoms with E-state index in [1.165, 1.54) is 7.11 Å². The number of esters is 1. The first-order chi connectivity index (χ1) is 16.1. The molecular formula is C25H24N2O5S. The second kappa shape index (κ2) is 10.3. The molecule has 170 valence electrons. The van der Waals surface area contributed by atoms with E-state index >= 15 is 0 Å². The molecule has 4 rings (SSSR count). The standard InChI is InChI=1S/C25H24N2O5S/c1-30-21-10-6-4-8-19(21)24(28)26-13-14-27-15-23(18-7-3-5-9-20(18)27)33-16-17-11-12-22(32-17)25(29)31-2/h3-12,15H,13-14,16H2,1-2H3,(H,26,28). The second-order valence-electron chi connectivity index (χ2n) is 7.21. The van der Waals surface area contributed by atoms with Crippen molar-refractivity contribution in [1.82, 2.24) is 9.88 Å². The number of hydrogen-bond acceptors (Lipinski definition) is 6. The molecule has 8 heteroatoms. The highest BCUT2D eigenvalue weighted by Gasteiger charge is 2.14. The minimum Gasteiger partial charge on any atom is -0.496 e. The van der Waals surface area contributed by atoms with Gasteiger partial charge in [0.15, 0.2) is 0 Å². The van der Waals surface area contributed by atoms with Crippen LogP contribution in [0.25, 0.3) is 10.9 Å². The van der Waals surface area contributed by atoms with Gasteiger partial charge in [-0.25, -0.2) is 4.79 Å². The maximum atomic E-state index is 12.6. The molecule has 0 unspecified atom stereocenters. The Morgan fingerprint density at radius 2 is 1.82 bits per heavy atom. The Morgan fingerprint density at radius 3 is 2.64 bits per heavy atom. The SMILES string of the molecule is COC(=O)c1ccc(CSc2cn(CCNC(=O)c3ccccc3OC)c3ccccc23)o1. The van der Waals surface area contributed by atoms with Gasteiger partial charge in [0.1, 0.15) is 11.5 Å². The summed E-state index contributed by atoms with van der Waals surface area (Å²) in [5.41, 5.74) is 1.60. The predicted molar refractivity (Wildman–Crippen MR) is 127 cm³/mol. The number of fused-ring (bicyclic) bond motifs is 1. The summed E-state index contributed by atoms with van der Waals surface area (Å²) >= 11 is 1.63. The molecule has 0 bridgehead atoms. The average Bonchev–Trinajstić information content (AvgIpc) is 3.47. The number of nitrogens with zero attached hydrogens (tertiary/aromatic N) is 1. The van der Waals surface area contributed by atoms with Crippen molar-refractivity contribution < 1.29 is 23.5 Å². The molecule has 0 aliphatic carbocycles. The van der Waals surface area contributed by atoms with Gasteiger partial charge in [-0.3, -0.25) is 4.79 Å². The Hall–Kier alpha value is -3.65. The first kappa shape index (κ1) is 22.5. The number of amides is 1. The maximum absolute atomic E-state index is 12.6. The fraction of sp³-hybridized carbons (Fsp3) is 0.200. The fourth-order valence-electron chi connectivity index (χ4n) is 3.55. The number of thioether (sulfide) groups is 1. The number of methoxy groups -OCH3 is 2. The number of carbonyl (C=O) groups excluding carboxylic acids is 2. The van der Waals surface area contributed by atoms with Gasteiger partial charge in [-0.1, -0.05) is 30.3 Å². The molecule has 0 aliphatic heterocycles. The molecular weight excluding hydrogens is 440 g/mol. The molecule has 0 radical (unpaired) electrons. The van der Waals surface area contributed by atoms with Crippen LogP contribution in [0.5, 0.6) is 5.75 Å². The molecule has 1 N–H and O–H groups in total. The zero-order chi connectivity index (χ0) is 23.2. The Morgan fingerprint density at radius 1 is 1.03 bits per heavy atom. The predicted octanol–water partition coefficient (Wildman–Crippen LogP) is 4.75. The third-order valence-electron chi connectivity index (χ3n) is 5.16. The summed E-state index contributed by atoms with van der Waals surface area (Å²) in [7, 11) is 2.88. The molecule has 0 saturated heterocycles. The molecule has 2 aromatic heterocycles. The van der Waals surface area contributed by atoms with Gasteiger partial charge >= 0.3 is 5.97 Å². The first-order valence-corrected chi connectivity index (χ1v) is 11.4. The molecule has 0 aliphatic rings. The Balaban J connectivity index is 1.43. The van der Waals surface area contributed by atoms with Gasteiger partial charge in [-0.2, -0.15) is 0 Å². The van der Waals surface area contributed by atoms with E-state index < -0.39 is 5.97 Å². The monoisotopic (exact) mass is 464 g/mol. The lowest BCUT2D eigenvalue weighted by molar-refractivity contribution is 0.0563. The summed E-state index contributed by atoms with van der Waals surface area (Å²) in [5, 5.41) is 4.09. The van der Waals surface area contributed by atoms with Gasteiger partial charge in [0.05, 0.1) is 25.5 Å². The van der Waals surface area contributed by atoms with Gasteiger partial charge in [0.25, 0.3) is 5.91 Å². The van der Waals surface area contributed by atoms with Crippen LogP contribution in [0.2, 0.25) is 0 Å². The fourth-order valence-corrected chi connectivity index (χ4v) is 4.53. The number of benzene rings is 2. The molecule has 0 fully saturated rings. The molecule has 4 aromatic rings. The zero-order valence-electron chi connectivity index (χ0n) is 18.4. The van der Waals surface area contributed by atoms with Crippen molar-refractivity contribution in [3.05, 3.63) is 83.9 Å². The molecule has 0 atom stereocenters. The molecule has 7 nitrogen and oxygen atoms in total. The third-order valence-corrected chi connectivity index (χ3v) is 6.23. The van der Waals surface area contributed by atoms with Gasteiger partial charge in [-0.15, -0.1) is 11.8 Å². The van der Waals surface area contributed by atoms with E-state index in [1.54, 1.807) is 43.1 Å². The molecule has 33 heavy (non-hydrogen) atoms. The maximum Gasteiger partial charge on any atom is 0.373 e. The van der Waals surface area contributed by atoms with Gasteiger partial charge in [-0.05, 0) is 30.3 Å². The molecule has 2 aromatic carbocycles. The topological polar surface area (TPSA) is 82.7 Å². The van der Waals surface area contributed by atoms with E-state index in [2.05, 4.69) is 33.0 Å². The lowest BCUT2D eigenvalue weighted by atomic mass is 10.2. The highest BCUT2D eigenvalue weighted by atomic mass is 32.2. The van der Waals surface area contributed by atoms with Crippen LogP contribution >= 0.6 is 11.8 Å². The largest absolute Gasteiger partial charge is 0.496 e. The normalized spacial score (nSPS) is 10.8. The number of ether oxygens (including phenoxy) is 2. The molecule has 0 saturated carbocycles. The molecule has 1 amide bonds. The smallest absolute Gasteiger partial charge is 0.373 e. The van der Waals surface area contributed by atoms with E-state index in [1.807, 2.05) is 24.3 Å². The van der Waals surface area contributed by atoms with Crippen LogP contribution in [-0.2, 0) is 17.0 Å². The van der Waals surface area contributed by atoms with Crippen LogP contribution in [0.1, 0.15) is 26.7 Å². The number of hydrogen-bond donors (Lipinski definition) is 1. The van der Waals surface area contributed by atoms with Gasteiger partial charge in [0, 0.05) is 35.1 Å². The second-order valence-corrected chi connectivity index (χ2v) is 8.22. The summed E-state index contributed by atoms with van der Waals surface area (Å²) in [6.07, 6.45) is 2.08. The van der Waals surface area contributed by atoms with Gasteiger partial charge < -0.3 is 23.8 Å². The van der Waals surface area contributed by atoms with Crippen molar-refractivity contribution in [2.45, 2.75) is 17.2 Å². The van der Waals surface area contributed by atoms with Crippen molar-refractivity contribution in [2.24, 2.45) is 0 Å². The Bertz CT molecular complexity index is 1280. The number of carbonyl (C=O) groups is 2. The minimum absolute atomic E-state index is 0.169. The average molecular weight is 465 g/mol. The number of aromatic nitrogens is 1. The molecule has 0 spiro atoms. The van der Waals surface area contributed by atoms with Crippen molar-refractivity contribution in [2.75, 3.05) is 20.8 Å². The van der Waals surface area contributed by atoms with E-state index in [4.69, 9.17) is 9.15 Å². The zero-order valence-corrected chi connectivity index (χ0v) is 19.2. The van der Waals surface area contributed by atoms with Crippen LogP contribution in [0, 0.1) is 0 Å². The number of para-hydroxylation sites is 2. The first-order valence-electron chi connectivity index (χ1n) is 10.4. The number of nitrogens with one attached hydrogen (secondary N) is 1.